The summed E-state index contributed by atoms with van der Waals surface area (Å²) in [4.78, 5) is 23.0. The zero-order valence-corrected chi connectivity index (χ0v) is 12.5. The van der Waals surface area contributed by atoms with Crippen LogP contribution >= 0.6 is 0 Å². The Balaban J connectivity index is 1.99. The number of aromatic nitrogens is 4. The van der Waals surface area contributed by atoms with E-state index in [0.717, 1.165) is 5.69 Å². The summed E-state index contributed by atoms with van der Waals surface area (Å²) in [7, 11) is 0. The van der Waals surface area contributed by atoms with Gasteiger partial charge in [-0.3, -0.25) is 9.36 Å². The minimum Gasteiger partial charge on any atom is -0.407 e. The van der Waals surface area contributed by atoms with Crippen molar-refractivity contribution in [3.05, 3.63) is 54.6 Å². The molecule has 1 N–H and O–H groups in total. The smallest absolute Gasteiger partial charge is 0.312 e. The number of ether oxygens (including phenoxy) is 1. The van der Waals surface area contributed by atoms with Gasteiger partial charge in [-0.1, -0.05) is 6.92 Å². The van der Waals surface area contributed by atoms with Crippen LogP contribution in [0.15, 0.2) is 43.1 Å². The van der Waals surface area contributed by atoms with Crippen molar-refractivity contribution in [1.29, 1.82) is 0 Å². The van der Waals surface area contributed by atoms with E-state index in [2.05, 4.69) is 15.0 Å². The van der Waals surface area contributed by atoms with E-state index in [0.29, 0.717) is 23.7 Å². The molecule has 0 spiro atoms. The van der Waals surface area contributed by atoms with Crippen molar-refractivity contribution in [2.45, 2.75) is 19.9 Å². The number of benzene rings is 1. The van der Waals surface area contributed by atoms with E-state index in [9.17, 15) is 9.18 Å². The number of halogens is 1. The van der Waals surface area contributed by atoms with E-state index >= 15 is 0 Å². The highest BCUT2D eigenvalue weighted by molar-refractivity contribution is 5.75. The Kier molecular flexibility index (Phi) is 4.18. The Morgan fingerprint density at radius 1 is 1.35 bits per heavy atom. The number of hydrogen-bond acceptors (Lipinski definition) is 4. The molecule has 3 rings (SSSR count). The molecule has 2 heterocycles. The molecule has 0 radical (unpaired) electrons. The second-order valence-electron chi connectivity index (χ2n) is 4.94. The average Bonchev–Trinajstić information content (AvgIpc) is 3.19. The summed E-state index contributed by atoms with van der Waals surface area (Å²) in [5, 5.41) is 0. The molecular formula is C16H15FN4O2. The van der Waals surface area contributed by atoms with Crippen LogP contribution in [0, 0.1) is 5.82 Å². The maximum Gasteiger partial charge on any atom is 0.312 e. The first-order chi connectivity index (χ1) is 11.2. The Morgan fingerprint density at radius 3 is 2.78 bits per heavy atom. The van der Waals surface area contributed by atoms with Crippen molar-refractivity contribution in [1.82, 2.24) is 19.5 Å². The van der Waals surface area contributed by atoms with Gasteiger partial charge in [0.25, 0.3) is 0 Å². The predicted molar refractivity (Wildman–Crippen MR) is 81.2 cm³/mol. The molecule has 0 aliphatic carbocycles. The first-order valence-electron chi connectivity index (χ1n) is 7.16. The average molecular weight is 314 g/mol. The molecule has 0 unspecified atom stereocenters. The highest BCUT2D eigenvalue weighted by Crippen LogP contribution is 2.29. The van der Waals surface area contributed by atoms with Crippen molar-refractivity contribution in [3.63, 3.8) is 0 Å². The molecule has 0 amide bonds. The molecule has 0 aliphatic rings. The summed E-state index contributed by atoms with van der Waals surface area (Å²) in [6.07, 6.45) is 5.09. The first-order valence-corrected chi connectivity index (χ1v) is 7.16. The van der Waals surface area contributed by atoms with E-state index in [1.807, 2.05) is 0 Å². The lowest BCUT2D eigenvalue weighted by Crippen LogP contribution is -2.11. The van der Waals surface area contributed by atoms with Crippen LogP contribution in [0.2, 0.25) is 0 Å². The van der Waals surface area contributed by atoms with Crippen molar-refractivity contribution in [3.8, 4) is 17.1 Å². The van der Waals surface area contributed by atoms with Crippen LogP contribution in [0.25, 0.3) is 11.3 Å². The summed E-state index contributed by atoms with van der Waals surface area (Å²) in [6, 6.07) is 5.88. The number of aromatic amines is 1. The van der Waals surface area contributed by atoms with Crippen molar-refractivity contribution < 1.29 is 13.9 Å². The van der Waals surface area contributed by atoms with Crippen LogP contribution in [0.1, 0.15) is 19.0 Å². The molecule has 0 atom stereocenters. The van der Waals surface area contributed by atoms with E-state index < -0.39 is 0 Å². The molecule has 7 heteroatoms. The fourth-order valence-corrected chi connectivity index (χ4v) is 2.13. The maximum atomic E-state index is 13.1. The SMILES string of the molecule is CCC(=O)Oc1c(-c2ccc(F)cc2)ncn1Cc1cnc[nH]1. The number of carbonyl (C=O) groups is 1. The van der Waals surface area contributed by atoms with Gasteiger partial charge in [0, 0.05) is 18.2 Å². The molecule has 1 aromatic carbocycles. The number of nitrogens with zero attached hydrogens (tertiary/aromatic N) is 3. The number of rotatable bonds is 5. The van der Waals surface area contributed by atoms with Crippen molar-refractivity contribution >= 4 is 5.97 Å². The van der Waals surface area contributed by atoms with Crippen LogP contribution < -0.4 is 4.74 Å². The Hall–Kier alpha value is -2.96. The summed E-state index contributed by atoms with van der Waals surface area (Å²) < 4.78 is 20.2. The molecular weight excluding hydrogens is 299 g/mol. The number of imidazole rings is 2. The van der Waals surface area contributed by atoms with Gasteiger partial charge in [0.2, 0.25) is 5.88 Å². The minimum atomic E-state index is -0.361. The third-order valence-corrected chi connectivity index (χ3v) is 3.30. The number of hydrogen-bond donors (Lipinski definition) is 1. The van der Waals surface area contributed by atoms with Crippen molar-refractivity contribution in [2.75, 3.05) is 0 Å². The predicted octanol–water partition coefficient (Wildman–Crippen LogP) is 2.78. The fraction of sp³-hybridized carbons (Fsp3) is 0.188. The van der Waals surface area contributed by atoms with Crippen molar-refractivity contribution in [2.24, 2.45) is 0 Å². The first kappa shape index (κ1) is 15.0. The molecule has 3 aromatic rings. The van der Waals surface area contributed by atoms with E-state index in [-0.39, 0.29) is 18.2 Å². The quantitative estimate of drug-likeness (QED) is 0.735. The second-order valence-corrected chi connectivity index (χ2v) is 4.94. The van der Waals surface area contributed by atoms with Gasteiger partial charge in [0.1, 0.15) is 11.5 Å². The molecule has 0 saturated heterocycles. The maximum absolute atomic E-state index is 13.1. The van der Waals surface area contributed by atoms with Gasteiger partial charge in [0.15, 0.2) is 0 Å². The monoisotopic (exact) mass is 314 g/mol. The second kappa shape index (κ2) is 6.43. The lowest BCUT2D eigenvalue weighted by molar-refractivity contribution is -0.134. The molecule has 23 heavy (non-hydrogen) atoms. The Bertz CT molecular complexity index is 794. The van der Waals surface area contributed by atoms with Gasteiger partial charge in [-0.25, -0.2) is 14.4 Å². The summed E-state index contributed by atoms with van der Waals surface area (Å²) in [6.45, 7) is 2.15. The highest BCUT2D eigenvalue weighted by atomic mass is 19.1. The van der Waals surface area contributed by atoms with Crippen LogP contribution in [0.3, 0.4) is 0 Å². The highest BCUT2D eigenvalue weighted by Gasteiger charge is 2.18. The van der Waals surface area contributed by atoms with E-state index in [1.165, 1.54) is 12.1 Å². The molecule has 0 saturated carbocycles. The molecule has 2 aromatic heterocycles. The topological polar surface area (TPSA) is 72.8 Å². The number of carbonyl (C=O) groups excluding carboxylic acids is 1. The summed E-state index contributed by atoms with van der Waals surface area (Å²) in [5.41, 5.74) is 2.02. The van der Waals surface area contributed by atoms with Crippen LogP contribution in [0.5, 0.6) is 5.88 Å². The normalized spacial score (nSPS) is 10.7. The lowest BCUT2D eigenvalue weighted by Gasteiger charge is -2.09. The molecule has 0 aliphatic heterocycles. The van der Waals surface area contributed by atoms with E-state index in [4.69, 9.17) is 4.74 Å². The van der Waals surface area contributed by atoms with Gasteiger partial charge in [0.05, 0.1) is 24.9 Å². The van der Waals surface area contributed by atoms with Gasteiger partial charge in [-0.2, -0.15) is 0 Å². The van der Waals surface area contributed by atoms with Gasteiger partial charge in [-0.05, 0) is 24.3 Å². The number of esters is 1. The van der Waals surface area contributed by atoms with Gasteiger partial charge >= 0.3 is 5.97 Å². The van der Waals surface area contributed by atoms with Crippen LogP contribution in [0.4, 0.5) is 4.39 Å². The zero-order chi connectivity index (χ0) is 16.2. The summed E-state index contributed by atoms with van der Waals surface area (Å²) in [5.74, 6) is -0.365. The Morgan fingerprint density at radius 2 is 2.13 bits per heavy atom. The third kappa shape index (κ3) is 3.28. The van der Waals surface area contributed by atoms with Gasteiger partial charge in [-0.15, -0.1) is 0 Å². The number of nitrogens with one attached hydrogen (secondary N) is 1. The number of H-pyrrole nitrogens is 1. The van der Waals surface area contributed by atoms with Crippen LogP contribution in [-0.2, 0) is 11.3 Å². The Labute approximate surface area is 132 Å². The largest absolute Gasteiger partial charge is 0.407 e. The standard InChI is InChI=1S/C16H15FN4O2/c1-2-14(22)23-16-15(11-3-5-12(17)6-4-11)20-10-21(16)8-13-7-18-9-19-13/h3-7,9-10H,2,8H2,1H3,(H,18,19). The molecule has 0 bridgehead atoms. The zero-order valence-electron chi connectivity index (χ0n) is 12.5. The fourth-order valence-electron chi connectivity index (χ4n) is 2.13. The molecule has 6 nitrogen and oxygen atoms in total. The third-order valence-electron chi connectivity index (χ3n) is 3.30. The van der Waals surface area contributed by atoms with Crippen LogP contribution in [-0.4, -0.2) is 25.5 Å². The molecule has 0 fully saturated rings. The minimum absolute atomic E-state index is 0.248. The van der Waals surface area contributed by atoms with Gasteiger partial charge < -0.3 is 9.72 Å². The summed E-state index contributed by atoms with van der Waals surface area (Å²) >= 11 is 0. The lowest BCUT2D eigenvalue weighted by atomic mass is 10.1. The van der Waals surface area contributed by atoms with E-state index in [1.54, 1.807) is 42.5 Å². The molecule has 118 valence electrons.